The van der Waals surface area contributed by atoms with Crippen molar-refractivity contribution in [1.29, 1.82) is 0 Å². The highest BCUT2D eigenvalue weighted by atomic mass is 35.6. The highest BCUT2D eigenvalue weighted by Gasteiger charge is 2.46. The second kappa shape index (κ2) is 6.28. The van der Waals surface area contributed by atoms with Crippen LogP contribution >= 0.6 is 34.8 Å². The SMILES string of the molecule is COc1ccc2c(c1)C(=O)CC1(CCN(C(=O)C(Cl)(Cl)Cl)CC1)O2. The van der Waals surface area contributed by atoms with Crippen molar-refractivity contribution in [1.82, 2.24) is 4.90 Å². The van der Waals surface area contributed by atoms with Gasteiger partial charge in [0.25, 0.3) is 9.70 Å². The number of fused-ring (bicyclic) bond motifs is 1. The van der Waals surface area contributed by atoms with E-state index in [0.29, 0.717) is 43.0 Å². The van der Waals surface area contributed by atoms with Crippen molar-refractivity contribution in [3.05, 3.63) is 23.8 Å². The molecule has 0 atom stereocenters. The van der Waals surface area contributed by atoms with Crippen molar-refractivity contribution < 1.29 is 19.1 Å². The van der Waals surface area contributed by atoms with E-state index >= 15 is 0 Å². The second-order valence-corrected chi connectivity index (χ2v) is 8.32. The number of carbonyl (C=O) groups is 2. The molecule has 5 nitrogen and oxygen atoms in total. The normalized spacial score (nSPS) is 19.7. The third-order valence-corrected chi connectivity index (χ3v) is 4.99. The summed E-state index contributed by atoms with van der Waals surface area (Å²) in [5, 5.41) is 0. The average molecular weight is 393 g/mol. The van der Waals surface area contributed by atoms with Gasteiger partial charge in [0.05, 0.1) is 19.1 Å². The Morgan fingerprint density at radius 2 is 1.96 bits per heavy atom. The number of alkyl halides is 3. The van der Waals surface area contributed by atoms with Gasteiger partial charge in [0.1, 0.15) is 17.1 Å². The number of Topliss-reactive ketones (excluding diaryl/α,β-unsaturated/α-hetero) is 1. The summed E-state index contributed by atoms with van der Waals surface area (Å²) < 4.78 is 9.32. The predicted octanol–water partition coefficient (Wildman–Crippen LogP) is 3.39. The number of rotatable bonds is 1. The minimum absolute atomic E-state index is 0.0105. The van der Waals surface area contributed by atoms with Crippen LogP contribution in [0.2, 0.25) is 0 Å². The van der Waals surface area contributed by atoms with Crippen LogP contribution in [0.4, 0.5) is 0 Å². The number of amides is 1. The highest BCUT2D eigenvalue weighted by Crippen LogP contribution is 2.41. The Morgan fingerprint density at radius 3 is 2.54 bits per heavy atom. The first-order valence-corrected chi connectivity index (χ1v) is 8.64. The molecule has 1 fully saturated rings. The van der Waals surface area contributed by atoms with Crippen LogP contribution in [0.15, 0.2) is 18.2 Å². The second-order valence-electron chi connectivity index (χ2n) is 6.04. The first kappa shape index (κ1) is 17.6. The van der Waals surface area contributed by atoms with E-state index in [1.54, 1.807) is 25.3 Å². The molecule has 1 aromatic rings. The number of carbonyl (C=O) groups excluding carboxylic acids is 2. The number of piperidine rings is 1. The number of methoxy groups -OCH3 is 1. The molecule has 130 valence electrons. The summed E-state index contributed by atoms with van der Waals surface area (Å²) in [5.41, 5.74) is -0.0805. The van der Waals surface area contributed by atoms with Gasteiger partial charge in [-0.2, -0.15) is 0 Å². The Kier molecular flexibility index (Phi) is 4.62. The van der Waals surface area contributed by atoms with Crippen LogP contribution in [-0.2, 0) is 4.79 Å². The van der Waals surface area contributed by atoms with Crippen molar-refractivity contribution in [3.63, 3.8) is 0 Å². The van der Waals surface area contributed by atoms with Gasteiger partial charge in [-0.1, -0.05) is 34.8 Å². The first-order chi connectivity index (χ1) is 11.2. The van der Waals surface area contributed by atoms with E-state index in [1.807, 2.05) is 0 Å². The topological polar surface area (TPSA) is 55.8 Å². The number of benzene rings is 1. The molecular weight excluding hydrogens is 377 g/mol. The molecule has 1 spiro atoms. The molecule has 0 N–H and O–H groups in total. The Balaban J connectivity index is 1.75. The summed E-state index contributed by atoms with van der Waals surface area (Å²) in [7, 11) is 1.55. The van der Waals surface area contributed by atoms with Crippen LogP contribution in [0.5, 0.6) is 11.5 Å². The lowest BCUT2D eigenvalue weighted by Gasteiger charge is -2.44. The van der Waals surface area contributed by atoms with Gasteiger partial charge in [0.15, 0.2) is 5.78 Å². The van der Waals surface area contributed by atoms with Crippen LogP contribution in [0.1, 0.15) is 29.6 Å². The molecular formula is C16H16Cl3NO4. The molecule has 2 heterocycles. The highest BCUT2D eigenvalue weighted by molar-refractivity contribution is 6.76. The Labute approximate surface area is 154 Å². The molecule has 0 unspecified atom stereocenters. The van der Waals surface area contributed by atoms with Crippen LogP contribution in [0.25, 0.3) is 0 Å². The molecule has 24 heavy (non-hydrogen) atoms. The third kappa shape index (κ3) is 3.30. The number of hydrogen-bond donors (Lipinski definition) is 0. The van der Waals surface area contributed by atoms with Crippen LogP contribution in [0.3, 0.4) is 0 Å². The molecule has 0 aliphatic carbocycles. The van der Waals surface area contributed by atoms with Crippen molar-refractivity contribution in [2.75, 3.05) is 20.2 Å². The number of hydrogen-bond acceptors (Lipinski definition) is 4. The smallest absolute Gasteiger partial charge is 0.274 e. The summed E-state index contributed by atoms with van der Waals surface area (Å²) in [6.07, 6.45) is 1.29. The molecule has 8 heteroatoms. The minimum Gasteiger partial charge on any atom is -0.497 e. The zero-order chi connectivity index (χ0) is 17.5. The third-order valence-electron chi connectivity index (χ3n) is 4.50. The molecule has 0 aromatic heterocycles. The van der Waals surface area contributed by atoms with Gasteiger partial charge in [-0.05, 0) is 18.2 Å². The Hall–Kier alpha value is -1.17. The maximum atomic E-state index is 12.5. The van der Waals surface area contributed by atoms with Crippen molar-refractivity contribution in [2.24, 2.45) is 0 Å². The van der Waals surface area contributed by atoms with Gasteiger partial charge in [-0.15, -0.1) is 0 Å². The summed E-state index contributed by atoms with van der Waals surface area (Å²) in [5.74, 6) is 0.629. The summed E-state index contributed by atoms with van der Waals surface area (Å²) in [6.45, 7) is 0.761. The molecule has 1 aromatic carbocycles. The van der Waals surface area contributed by atoms with E-state index in [9.17, 15) is 9.59 Å². The maximum absolute atomic E-state index is 12.5. The van der Waals surface area contributed by atoms with Gasteiger partial charge in [0, 0.05) is 25.9 Å². The van der Waals surface area contributed by atoms with Gasteiger partial charge in [-0.3, -0.25) is 9.59 Å². The van der Waals surface area contributed by atoms with E-state index in [4.69, 9.17) is 44.3 Å². The van der Waals surface area contributed by atoms with E-state index in [1.165, 1.54) is 4.90 Å². The van der Waals surface area contributed by atoms with Gasteiger partial charge < -0.3 is 14.4 Å². The van der Waals surface area contributed by atoms with E-state index in [-0.39, 0.29) is 12.2 Å². The number of ether oxygens (including phenoxy) is 2. The number of halogens is 3. The molecule has 2 aliphatic rings. The largest absolute Gasteiger partial charge is 0.497 e. The molecule has 1 amide bonds. The van der Waals surface area contributed by atoms with E-state index in [0.717, 1.165) is 0 Å². The van der Waals surface area contributed by atoms with E-state index in [2.05, 4.69) is 0 Å². The zero-order valence-electron chi connectivity index (χ0n) is 13.0. The van der Waals surface area contributed by atoms with Crippen LogP contribution < -0.4 is 9.47 Å². The monoisotopic (exact) mass is 391 g/mol. The summed E-state index contributed by atoms with van der Waals surface area (Å²) >= 11 is 17.0. The molecule has 0 bridgehead atoms. The summed E-state index contributed by atoms with van der Waals surface area (Å²) in [6, 6.07) is 5.18. The Morgan fingerprint density at radius 1 is 1.29 bits per heavy atom. The lowest BCUT2D eigenvalue weighted by molar-refractivity contribution is -0.133. The van der Waals surface area contributed by atoms with Crippen LogP contribution in [-0.4, -0.2) is 46.2 Å². The van der Waals surface area contributed by atoms with Gasteiger partial charge in [0.2, 0.25) is 0 Å². The predicted molar refractivity (Wildman–Crippen MR) is 91.4 cm³/mol. The average Bonchev–Trinajstić information content (AvgIpc) is 2.54. The number of ketones is 1. The lowest BCUT2D eigenvalue weighted by Crippen LogP contribution is -2.54. The maximum Gasteiger partial charge on any atom is 0.274 e. The molecule has 0 radical (unpaired) electrons. The first-order valence-electron chi connectivity index (χ1n) is 7.50. The number of nitrogens with zero attached hydrogens (tertiary/aromatic N) is 1. The molecule has 1 saturated heterocycles. The molecule has 3 rings (SSSR count). The fourth-order valence-electron chi connectivity index (χ4n) is 3.18. The van der Waals surface area contributed by atoms with E-state index < -0.39 is 15.3 Å². The van der Waals surface area contributed by atoms with Crippen LogP contribution in [0, 0.1) is 0 Å². The fourth-order valence-corrected chi connectivity index (χ4v) is 3.53. The van der Waals surface area contributed by atoms with Crippen molar-refractivity contribution >= 4 is 46.5 Å². The summed E-state index contributed by atoms with van der Waals surface area (Å²) in [4.78, 5) is 26.1. The fraction of sp³-hybridized carbons (Fsp3) is 0.500. The quantitative estimate of drug-likeness (QED) is 0.688. The van der Waals surface area contributed by atoms with Gasteiger partial charge in [-0.25, -0.2) is 0 Å². The number of likely N-dealkylation sites (tertiary alicyclic amines) is 1. The Bertz CT molecular complexity index is 678. The zero-order valence-corrected chi connectivity index (χ0v) is 15.2. The van der Waals surface area contributed by atoms with Crippen molar-refractivity contribution in [2.45, 2.75) is 28.7 Å². The lowest BCUT2D eigenvalue weighted by atomic mass is 9.82. The molecule has 2 aliphatic heterocycles. The van der Waals surface area contributed by atoms with Crippen molar-refractivity contribution in [3.8, 4) is 11.5 Å². The molecule has 0 saturated carbocycles. The van der Waals surface area contributed by atoms with Gasteiger partial charge >= 0.3 is 0 Å². The standard InChI is InChI=1S/C16H16Cl3NO4/c1-23-10-2-3-13-11(8-10)12(21)9-15(24-13)4-6-20(7-5-15)14(22)16(17,18)19/h2-3,8H,4-7,9H2,1H3. The minimum atomic E-state index is -1.96.